The van der Waals surface area contributed by atoms with Crippen molar-refractivity contribution >= 4 is 27.1 Å². The highest BCUT2D eigenvalue weighted by Crippen LogP contribution is 2.39. The Bertz CT molecular complexity index is 1410. The highest BCUT2D eigenvalue weighted by Gasteiger charge is 2.23. The molecule has 0 aliphatic heterocycles. The van der Waals surface area contributed by atoms with Crippen LogP contribution in [-0.2, 0) is 16.4 Å². The summed E-state index contributed by atoms with van der Waals surface area (Å²) in [5.74, 6) is -0.768. The molecular formula is C25H21FN2O3S2. The number of aryl methyl sites for hydroxylation is 1. The van der Waals surface area contributed by atoms with Gasteiger partial charge in [0.2, 0.25) is 0 Å². The van der Waals surface area contributed by atoms with E-state index in [4.69, 9.17) is 0 Å². The highest BCUT2D eigenvalue weighted by molar-refractivity contribution is 7.90. The van der Waals surface area contributed by atoms with Crippen LogP contribution in [0.15, 0.2) is 77.7 Å². The number of benzene rings is 3. The van der Waals surface area contributed by atoms with Gasteiger partial charge in [0.25, 0.3) is 5.91 Å². The Kier molecular flexibility index (Phi) is 6.40. The normalized spacial score (nSPS) is 11.4. The van der Waals surface area contributed by atoms with Gasteiger partial charge in [-0.15, -0.1) is 11.3 Å². The Hall–Kier alpha value is -3.36. The number of sulfone groups is 1. The Morgan fingerprint density at radius 2 is 1.67 bits per heavy atom. The van der Waals surface area contributed by atoms with E-state index in [0.29, 0.717) is 28.2 Å². The first kappa shape index (κ1) is 22.8. The van der Waals surface area contributed by atoms with Crippen LogP contribution in [0.3, 0.4) is 0 Å². The van der Waals surface area contributed by atoms with Crippen LogP contribution in [0.25, 0.3) is 21.7 Å². The van der Waals surface area contributed by atoms with Crippen molar-refractivity contribution in [1.29, 1.82) is 0 Å². The fraction of sp³-hybridized carbons (Fsp3) is 0.120. The molecule has 1 N–H and O–H groups in total. The molecule has 0 aliphatic rings. The second kappa shape index (κ2) is 9.25. The SMILES string of the molecule is Cc1ccc(CNC(=O)c2nc(-c3ccc(F)cc3)c(-c3ccccc3S(C)(=O)=O)s2)cc1. The molecule has 0 aliphatic carbocycles. The number of nitrogens with zero attached hydrogens (tertiary/aromatic N) is 1. The predicted octanol–water partition coefficient (Wildman–Crippen LogP) is 5.26. The van der Waals surface area contributed by atoms with Gasteiger partial charge in [-0.25, -0.2) is 17.8 Å². The van der Waals surface area contributed by atoms with E-state index >= 15 is 0 Å². The topological polar surface area (TPSA) is 76.1 Å². The number of hydrogen-bond acceptors (Lipinski definition) is 5. The summed E-state index contributed by atoms with van der Waals surface area (Å²) in [7, 11) is -3.53. The summed E-state index contributed by atoms with van der Waals surface area (Å²) in [6.07, 6.45) is 1.14. The van der Waals surface area contributed by atoms with Crippen molar-refractivity contribution in [1.82, 2.24) is 10.3 Å². The highest BCUT2D eigenvalue weighted by atomic mass is 32.2. The number of amides is 1. The number of thiazole rings is 1. The van der Waals surface area contributed by atoms with E-state index < -0.39 is 15.7 Å². The minimum atomic E-state index is -3.53. The number of carbonyl (C=O) groups is 1. The molecular weight excluding hydrogens is 459 g/mol. The van der Waals surface area contributed by atoms with Crippen LogP contribution >= 0.6 is 11.3 Å². The maximum Gasteiger partial charge on any atom is 0.280 e. The van der Waals surface area contributed by atoms with Crippen LogP contribution in [0.5, 0.6) is 0 Å². The third-order valence-corrected chi connectivity index (χ3v) is 7.29. The third kappa shape index (κ3) is 5.18. The first-order valence-corrected chi connectivity index (χ1v) is 12.8. The van der Waals surface area contributed by atoms with Gasteiger partial charge in [-0.3, -0.25) is 4.79 Å². The van der Waals surface area contributed by atoms with Crippen LogP contribution in [0.2, 0.25) is 0 Å². The Labute approximate surface area is 195 Å². The second-order valence-electron chi connectivity index (χ2n) is 7.64. The fourth-order valence-corrected chi connectivity index (χ4v) is 5.35. The molecule has 3 aromatic carbocycles. The van der Waals surface area contributed by atoms with E-state index in [1.807, 2.05) is 31.2 Å². The minimum Gasteiger partial charge on any atom is -0.346 e. The molecule has 1 aromatic heterocycles. The molecule has 1 heterocycles. The van der Waals surface area contributed by atoms with Gasteiger partial charge in [-0.2, -0.15) is 0 Å². The van der Waals surface area contributed by atoms with E-state index in [0.717, 1.165) is 28.7 Å². The van der Waals surface area contributed by atoms with Gasteiger partial charge in [0.15, 0.2) is 14.8 Å². The van der Waals surface area contributed by atoms with Gasteiger partial charge in [0.1, 0.15) is 5.82 Å². The van der Waals surface area contributed by atoms with Crippen LogP contribution in [-0.4, -0.2) is 25.6 Å². The summed E-state index contributed by atoms with van der Waals surface area (Å²) in [5.41, 5.74) is 3.55. The molecule has 0 fully saturated rings. The predicted molar refractivity (Wildman–Crippen MR) is 128 cm³/mol. The van der Waals surface area contributed by atoms with E-state index in [2.05, 4.69) is 10.3 Å². The van der Waals surface area contributed by atoms with E-state index in [-0.39, 0.29) is 15.8 Å². The van der Waals surface area contributed by atoms with Crippen molar-refractivity contribution in [3.8, 4) is 21.7 Å². The zero-order chi connectivity index (χ0) is 23.6. The number of rotatable bonds is 6. The maximum atomic E-state index is 13.5. The second-order valence-corrected chi connectivity index (χ2v) is 10.6. The lowest BCUT2D eigenvalue weighted by Gasteiger charge is -2.08. The molecule has 0 saturated heterocycles. The lowest BCUT2D eigenvalue weighted by atomic mass is 10.1. The lowest BCUT2D eigenvalue weighted by molar-refractivity contribution is 0.0950. The summed E-state index contributed by atoms with van der Waals surface area (Å²) in [5, 5.41) is 3.06. The molecule has 4 rings (SSSR count). The fourth-order valence-electron chi connectivity index (χ4n) is 3.34. The molecule has 0 unspecified atom stereocenters. The minimum absolute atomic E-state index is 0.142. The largest absolute Gasteiger partial charge is 0.346 e. The van der Waals surface area contributed by atoms with Gasteiger partial charge >= 0.3 is 0 Å². The van der Waals surface area contributed by atoms with Crippen LogP contribution in [0.1, 0.15) is 20.9 Å². The zero-order valence-corrected chi connectivity index (χ0v) is 19.6. The van der Waals surface area contributed by atoms with Crippen molar-refractivity contribution in [3.63, 3.8) is 0 Å². The molecule has 0 bridgehead atoms. The molecule has 33 heavy (non-hydrogen) atoms. The summed E-state index contributed by atoms with van der Waals surface area (Å²) < 4.78 is 38.3. The Morgan fingerprint density at radius 1 is 1.00 bits per heavy atom. The number of hydrogen-bond donors (Lipinski definition) is 1. The quantitative estimate of drug-likeness (QED) is 0.409. The van der Waals surface area contributed by atoms with Gasteiger partial charge in [0.05, 0.1) is 15.5 Å². The Balaban J connectivity index is 1.76. The molecule has 8 heteroatoms. The standard InChI is InChI=1S/C25H21FN2O3S2/c1-16-7-9-17(10-8-16)15-27-24(29)25-28-22(18-11-13-19(26)14-12-18)23(32-25)20-5-3-4-6-21(20)33(2,30)31/h3-14H,15H2,1-2H3,(H,27,29). The first-order valence-electron chi connectivity index (χ1n) is 10.1. The summed E-state index contributed by atoms with van der Waals surface area (Å²) in [4.78, 5) is 18.1. The molecule has 0 atom stereocenters. The molecule has 4 aromatic rings. The zero-order valence-electron chi connectivity index (χ0n) is 18.0. The maximum absolute atomic E-state index is 13.5. The molecule has 0 saturated carbocycles. The van der Waals surface area contributed by atoms with Crippen LogP contribution in [0.4, 0.5) is 4.39 Å². The van der Waals surface area contributed by atoms with Crippen molar-refractivity contribution in [2.75, 3.05) is 6.26 Å². The van der Waals surface area contributed by atoms with E-state index in [1.54, 1.807) is 30.3 Å². The summed E-state index contributed by atoms with van der Waals surface area (Å²) >= 11 is 1.11. The lowest BCUT2D eigenvalue weighted by Crippen LogP contribution is -2.22. The summed E-state index contributed by atoms with van der Waals surface area (Å²) in [6.45, 7) is 2.32. The van der Waals surface area contributed by atoms with E-state index in [1.165, 1.54) is 18.2 Å². The van der Waals surface area contributed by atoms with E-state index in [9.17, 15) is 17.6 Å². The first-order chi connectivity index (χ1) is 15.7. The third-order valence-electron chi connectivity index (χ3n) is 5.04. The number of nitrogens with one attached hydrogen (secondary N) is 1. The molecule has 1 amide bonds. The molecule has 168 valence electrons. The number of aromatic nitrogens is 1. The smallest absolute Gasteiger partial charge is 0.280 e. The molecule has 5 nitrogen and oxygen atoms in total. The summed E-state index contributed by atoms with van der Waals surface area (Å²) in [6, 6.07) is 20.1. The van der Waals surface area contributed by atoms with Crippen molar-refractivity contribution in [2.45, 2.75) is 18.4 Å². The average Bonchev–Trinajstić information content (AvgIpc) is 3.24. The number of carbonyl (C=O) groups excluding carboxylic acids is 1. The van der Waals surface area contributed by atoms with Gasteiger partial charge in [-0.1, -0.05) is 48.0 Å². The van der Waals surface area contributed by atoms with Gasteiger partial charge < -0.3 is 5.32 Å². The average molecular weight is 481 g/mol. The van der Waals surface area contributed by atoms with Gasteiger partial charge in [-0.05, 0) is 42.8 Å². The van der Waals surface area contributed by atoms with Crippen molar-refractivity contribution in [2.24, 2.45) is 0 Å². The molecule has 0 spiro atoms. The number of halogens is 1. The molecule has 0 radical (unpaired) electrons. The Morgan fingerprint density at radius 3 is 2.33 bits per heavy atom. The van der Waals surface area contributed by atoms with Gasteiger partial charge in [0, 0.05) is 23.9 Å². The van der Waals surface area contributed by atoms with Crippen LogP contribution < -0.4 is 5.32 Å². The van der Waals surface area contributed by atoms with Crippen molar-refractivity contribution in [3.05, 3.63) is 94.7 Å². The van der Waals surface area contributed by atoms with Crippen LogP contribution in [0, 0.1) is 12.7 Å². The van der Waals surface area contributed by atoms with Crippen molar-refractivity contribution < 1.29 is 17.6 Å². The monoisotopic (exact) mass is 480 g/mol.